The first kappa shape index (κ1) is 27.0. The lowest BCUT2D eigenvalue weighted by atomic mass is 10.1. The highest BCUT2D eigenvalue weighted by molar-refractivity contribution is 7.26. The molecule has 0 unspecified atom stereocenters. The molecule has 0 aliphatic carbocycles. The molecule has 11 aromatic rings. The Balaban J connectivity index is 1.15. The highest BCUT2D eigenvalue weighted by atomic mass is 32.1. The van der Waals surface area contributed by atoms with Crippen LogP contribution in [0.25, 0.3) is 84.8 Å². The summed E-state index contributed by atoms with van der Waals surface area (Å²) in [5.41, 5.74) is 7.72. The number of thiophene rings is 2. The summed E-state index contributed by atoms with van der Waals surface area (Å²) < 4.78 is 17.5. The van der Waals surface area contributed by atoms with Crippen LogP contribution in [0, 0.1) is 0 Å². The van der Waals surface area contributed by atoms with Crippen LogP contribution in [-0.2, 0) is 0 Å². The smallest absolute Gasteiger partial charge is 0.227 e. The third kappa shape index (κ3) is 4.11. The van der Waals surface area contributed by atoms with Gasteiger partial charge in [0.05, 0.1) is 10.4 Å². The minimum atomic E-state index is 0.642. The number of anilines is 3. The van der Waals surface area contributed by atoms with Crippen molar-refractivity contribution in [1.82, 2.24) is 4.98 Å². The number of rotatable bonds is 4. The summed E-state index contributed by atoms with van der Waals surface area (Å²) in [5.74, 6) is 0.642. The molecule has 0 saturated heterocycles. The number of fused-ring (bicyclic) bond motifs is 10. The maximum absolute atomic E-state index is 6.29. The Kier molecular flexibility index (Phi) is 5.67. The molecule has 4 heterocycles. The highest BCUT2D eigenvalue weighted by Crippen LogP contribution is 2.48. The zero-order valence-corrected chi connectivity index (χ0v) is 27.5. The predicted octanol–water partition coefficient (Wildman–Crippen LogP) is 13.6. The normalized spacial score (nSPS) is 12.1. The van der Waals surface area contributed by atoms with Gasteiger partial charge in [0.25, 0.3) is 0 Å². The molecule has 0 spiro atoms. The monoisotopic (exact) mass is 664 g/mol. The van der Waals surface area contributed by atoms with Gasteiger partial charge in [-0.15, -0.1) is 22.7 Å². The van der Waals surface area contributed by atoms with Gasteiger partial charge in [-0.2, -0.15) is 0 Å². The fraction of sp³-hybridized carbons (Fsp3) is 0. The Bertz CT molecular complexity index is 3080. The first-order chi connectivity index (χ1) is 24.2. The summed E-state index contributed by atoms with van der Waals surface area (Å²) in [6.07, 6.45) is 0. The number of aromatic nitrogens is 1. The van der Waals surface area contributed by atoms with Crippen LogP contribution in [-0.4, -0.2) is 4.98 Å². The van der Waals surface area contributed by atoms with Crippen LogP contribution in [0.2, 0.25) is 0 Å². The number of hydrogen-bond donors (Lipinski definition) is 0. The van der Waals surface area contributed by atoms with E-state index in [9.17, 15) is 0 Å². The van der Waals surface area contributed by atoms with Crippen molar-refractivity contribution in [2.75, 3.05) is 4.90 Å². The lowest BCUT2D eigenvalue weighted by Crippen LogP contribution is -2.09. The molecule has 0 bridgehead atoms. The molecule has 0 fully saturated rings. The van der Waals surface area contributed by atoms with Crippen LogP contribution in [0.1, 0.15) is 0 Å². The molecule has 0 aliphatic rings. The molecule has 0 saturated carbocycles. The second-order valence-electron chi connectivity index (χ2n) is 12.3. The van der Waals surface area contributed by atoms with E-state index in [1.807, 2.05) is 53.8 Å². The fourth-order valence-corrected chi connectivity index (χ4v) is 9.57. The molecule has 0 N–H and O–H groups in total. The molecular formula is C43H24N2O2S2. The van der Waals surface area contributed by atoms with Gasteiger partial charge >= 0.3 is 0 Å². The minimum absolute atomic E-state index is 0.642. The summed E-state index contributed by atoms with van der Waals surface area (Å²) >= 11 is 3.64. The van der Waals surface area contributed by atoms with Crippen molar-refractivity contribution in [3.63, 3.8) is 0 Å². The van der Waals surface area contributed by atoms with Gasteiger partial charge in [0.1, 0.15) is 16.7 Å². The Morgan fingerprint density at radius 3 is 2.12 bits per heavy atom. The maximum atomic E-state index is 6.29. The average molecular weight is 665 g/mol. The van der Waals surface area contributed by atoms with Crippen LogP contribution in [0.4, 0.5) is 17.1 Å². The van der Waals surface area contributed by atoms with E-state index in [1.54, 1.807) is 11.3 Å². The second-order valence-corrected chi connectivity index (χ2v) is 14.5. The van der Waals surface area contributed by atoms with Gasteiger partial charge < -0.3 is 13.7 Å². The van der Waals surface area contributed by atoms with E-state index in [0.717, 1.165) is 55.7 Å². The van der Waals surface area contributed by atoms with E-state index in [2.05, 4.69) is 108 Å². The Morgan fingerprint density at radius 1 is 0.449 bits per heavy atom. The summed E-state index contributed by atoms with van der Waals surface area (Å²) in [6.45, 7) is 0. The van der Waals surface area contributed by atoms with E-state index in [1.165, 1.54) is 40.3 Å². The van der Waals surface area contributed by atoms with Crippen molar-refractivity contribution in [2.45, 2.75) is 0 Å². The zero-order valence-electron chi connectivity index (χ0n) is 25.9. The quantitative estimate of drug-likeness (QED) is 0.188. The maximum Gasteiger partial charge on any atom is 0.227 e. The van der Waals surface area contributed by atoms with Gasteiger partial charge in [-0.1, -0.05) is 72.8 Å². The van der Waals surface area contributed by atoms with Crippen molar-refractivity contribution in [3.8, 4) is 11.5 Å². The minimum Gasteiger partial charge on any atom is -0.456 e. The van der Waals surface area contributed by atoms with Crippen LogP contribution >= 0.6 is 22.7 Å². The summed E-state index contributed by atoms with van der Waals surface area (Å²) in [6, 6.07) is 51.4. The average Bonchev–Trinajstić information content (AvgIpc) is 3.92. The number of para-hydroxylation sites is 1. The summed E-state index contributed by atoms with van der Waals surface area (Å²) in [7, 11) is 0. The molecule has 7 aromatic carbocycles. The number of oxazole rings is 1. The van der Waals surface area contributed by atoms with E-state index < -0.39 is 0 Å². The van der Waals surface area contributed by atoms with Gasteiger partial charge in [0.15, 0.2) is 5.58 Å². The van der Waals surface area contributed by atoms with E-state index in [4.69, 9.17) is 13.8 Å². The largest absolute Gasteiger partial charge is 0.456 e. The molecule has 0 radical (unpaired) electrons. The van der Waals surface area contributed by atoms with E-state index in [-0.39, 0.29) is 0 Å². The van der Waals surface area contributed by atoms with Crippen LogP contribution in [0.3, 0.4) is 0 Å². The number of benzene rings is 7. The molecule has 11 rings (SSSR count). The molecule has 49 heavy (non-hydrogen) atoms. The highest BCUT2D eigenvalue weighted by Gasteiger charge is 2.21. The number of hydrogen-bond acceptors (Lipinski definition) is 6. The number of furan rings is 1. The van der Waals surface area contributed by atoms with Crippen molar-refractivity contribution < 1.29 is 8.83 Å². The van der Waals surface area contributed by atoms with Crippen LogP contribution in [0.5, 0.6) is 0 Å². The molecule has 6 heteroatoms. The topological polar surface area (TPSA) is 42.4 Å². The third-order valence-corrected chi connectivity index (χ3v) is 11.8. The van der Waals surface area contributed by atoms with Crippen LogP contribution < -0.4 is 4.90 Å². The third-order valence-electron chi connectivity index (χ3n) is 9.49. The van der Waals surface area contributed by atoms with Gasteiger partial charge in [-0.05, 0) is 66.7 Å². The predicted molar refractivity (Wildman–Crippen MR) is 207 cm³/mol. The van der Waals surface area contributed by atoms with Crippen molar-refractivity contribution >= 4 is 113 Å². The Hall–Kier alpha value is -5.95. The van der Waals surface area contributed by atoms with Crippen molar-refractivity contribution in [3.05, 3.63) is 146 Å². The molecule has 4 nitrogen and oxygen atoms in total. The first-order valence-corrected chi connectivity index (χ1v) is 17.8. The molecule has 4 aromatic heterocycles. The lowest BCUT2D eigenvalue weighted by Gasteiger charge is -2.26. The Labute approximate surface area is 287 Å². The molecule has 0 atom stereocenters. The first-order valence-electron chi connectivity index (χ1n) is 16.2. The van der Waals surface area contributed by atoms with Crippen LogP contribution in [0.15, 0.2) is 154 Å². The molecule has 0 aliphatic heterocycles. The standard InChI is InChI=1S/C43H24N2O2S2/c1-2-9-25(10-3-1)43-44-34-23-33-31-13-8-14-35(42(31)49-41(33)24-38(34)47-43)45(26-18-20-37-32(21-26)28-11-4-6-15-36(28)46-37)27-17-19-30-29-12-5-7-16-39(29)48-40(30)22-27/h1-24H. The zero-order chi connectivity index (χ0) is 32.1. The second kappa shape index (κ2) is 10.3. The Morgan fingerprint density at radius 2 is 1.18 bits per heavy atom. The van der Waals surface area contributed by atoms with E-state index >= 15 is 0 Å². The van der Waals surface area contributed by atoms with Crippen molar-refractivity contribution in [1.29, 1.82) is 0 Å². The van der Waals surface area contributed by atoms with Gasteiger partial charge in [0, 0.05) is 69.4 Å². The van der Waals surface area contributed by atoms with E-state index in [0.29, 0.717) is 5.89 Å². The van der Waals surface area contributed by atoms with Gasteiger partial charge in [-0.25, -0.2) is 4.98 Å². The lowest BCUT2D eigenvalue weighted by molar-refractivity contribution is 0.620. The van der Waals surface area contributed by atoms with Gasteiger partial charge in [-0.3, -0.25) is 0 Å². The molecule has 0 amide bonds. The van der Waals surface area contributed by atoms with Crippen molar-refractivity contribution in [2.24, 2.45) is 0 Å². The number of nitrogens with zero attached hydrogens (tertiary/aromatic N) is 2. The summed E-state index contributed by atoms with van der Waals surface area (Å²) in [4.78, 5) is 7.29. The fourth-order valence-electron chi connectivity index (χ4n) is 7.22. The summed E-state index contributed by atoms with van der Waals surface area (Å²) in [5, 5.41) is 7.18. The molecular weight excluding hydrogens is 641 g/mol. The van der Waals surface area contributed by atoms with Gasteiger partial charge in [0.2, 0.25) is 5.89 Å². The SMILES string of the molecule is c1ccc(-c2nc3cc4c(cc3o2)sc2c(N(c3ccc5c(c3)sc3ccccc35)c3ccc5oc6ccccc6c5c3)cccc24)cc1. The molecule has 230 valence electrons.